The van der Waals surface area contributed by atoms with Crippen LogP contribution in [0, 0.1) is 11.6 Å². The van der Waals surface area contributed by atoms with Gasteiger partial charge in [-0.05, 0) is 66.3 Å². The summed E-state index contributed by atoms with van der Waals surface area (Å²) in [5.41, 5.74) is 8.67. The normalized spacial score (nSPS) is 19.3. The van der Waals surface area contributed by atoms with Gasteiger partial charge in [0.1, 0.15) is 18.2 Å². The van der Waals surface area contributed by atoms with Crippen molar-refractivity contribution in [1.82, 2.24) is 10.6 Å². The van der Waals surface area contributed by atoms with Crippen molar-refractivity contribution in [2.24, 2.45) is 10.9 Å². The Bertz CT molecular complexity index is 1120. The maximum atomic E-state index is 13.8. The number of carbonyl (C=O) groups is 1. The Balaban J connectivity index is 1.84. The summed E-state index contributed by atoms with van der Waals surface area (Å²) < 4.78 is 27.6. The highest BCUT2D eigenvalue weighted by molar-refractivity contribution is 5.85. The summed E-state index contributed by atoms with van der Waals surface area (Å²) in [4.78, 5) is 17.2. The molecule has 0 saturated heterocycles. The van der Waals surface area contributed by atoms with Gasteiger partial charge in [-0.25, -0.2) is 8.78 Å². The van der Waals surface area contributed by atoms with Crippen LogP contribution in [0.5, 0.6) is 0 Å². The average Bonchev–Trinajstić information content (AvgIpc) is 2.86. The van der Waals surface area contributed by atoms with Crippen molar-refractivity contribution in [3.8, 4) is 0 Å². The standard InChI is InChI=1S/C30H42F2N4O3/c1-20(37)35-27(16-21-14-24(31)18-25(32)15-21)28(38)19-34-30(10-8-26(9-11-30)36-39-13-12-33)23-7-5-6-22(17-23)29(2,3)4/h5-7,14-15,17-18,27-28,34,38H,8-13,16,19,33H2,1-4H3,(H,35,37). The molecule has 2 aromatic rings. The Morgan fingerprint density at radius 1 is 1.15 bits per heavy atom. The number of nitrogens with two attached hydrogens (primary N) is 1. The van der Waals surface area contributed by atoms with Crippen molar-refractivity contribution < 1.29 is 23.5 Å². The highest BCUT2D eigenvalue weighted by atomic mass is 19.1. The number of hydrogen-bond acceptors (Lipinski definition) is 6. The van der Waals surface area contributed by atoms with Crippen LogP contribution in [0.1, 0.15) is 70.1 Å². The fraction of sp³-hybridized carbons (Fsp3) is 0.533. The van der Waals surface area contributed by atoms with E-state index in [1.807, 2.05) is 0 Å². The molecule has 0 aromatic heterocycles. The molecule has 214 valence electrons. The van der Waals surface area contributed by atoms with Gasteiger partial charge in [0.05, 0.1) is 17.9 Å². The quantitative estimate of drug-likeness (QED) is 0.252. The minimum absolute atomic E-state index is 0.0369. The molecule has 9 heteroatoms. The van der Waals surface area contributed by atoms with E-state index in [2.05, 4.69) is 60.8 Å². The highest BCUT2D eigenvalue weighted by Crippen LogP contribution is 2.38. The number of amides is 1. The van der Waals surface area contributed by atoms with Crippen molar-refractivity contribution in [2.75, 3.05) is 19.7 Å². The molecular weight excluding hydrogens is 502 g/mol. The fourth-order valence-corrected chi connectivity index (χ4v) is 5.07. The van der Waals surface area contributed by atoms with E-state index >= 15 is 0 Å². The zero-order chi connectivity index (χ0) is 28.6. The zero-order valence-electron chi connectivity index (χ0n) is 23.4. The molecule has 5 N–H and O–H groups in total. The molecule has 39 heavy (non-hydrogen) atoms. The summed E-state index contributed by atoms with van der Waals surface area (Å²) in [6.45, 7) is 8.80. The molecule has 2 unspecified atom stereocenters. The van der Waals surface area contributed by atoms with Crippen LogP contribution in [0.4, 0.5) is 8.78 Å². The maximum absolute atomic E-state index is 13.8. The van der Waals surface area contributed by atoms with E-state index in [0.29, 0.717) is 31.6 Å². The van der Waals surface area contributed by atoms with Gasteiger partial charge in [0.25, 0.3) is 0 Å². The Labute approximate surface area is 230 Å². The van der Waals surface area contributed by atoms with Crippen LogP contribution in [0.3, 0.4) is 0 Å². The molecule has 1 aliphatic rings. The lowest BCUT2D eigenvalue weighted by molar-refractivity contribution is -0.120. The fourth-order valence-electron chi connectivity index (χ4n) is 5.07. The van der Waals surface area contributed by atoms with Crippen LogP contribution in [0.15, 0.2) is 47.6 Å². The van der Waals surface area contributed by atoms with Gasteiger partial charge >= 0.3 is 0 Å². The summed E-state index contributed by atoms with van der Waals surface area (Å²) >= 11 is 0. The van der Waals surface area contributed by atoms with Gasteiger partial charge < -0.3 is 26.3 Å². The van der Waals surface area contributed by atoms with Crippen molar-refractivity contribution in [3.05, 3.63) is 70.8 Å². The van der Waals surface area contributed by atoms with E-state index in [4.69, 9.17) is 10.6 Å². The first-order valence-electron chi connectivity index (χ1n) is 13.6. The van der Waals surface area contributed by atoms with Crippen LogP contribution < -0.4 is 16.4 Å². The molecule has 7 nitrogen and oxygen atoms in total. The number of aliphatic hydroxyl groups is 1. The number of benzene rings is 2. The molecule has 2 aromatic carbocycles. The zero-order valence-corrected chi connectivity index (χ0v) is 23.4. The predicted octanol–water partition coefficient (Wildman–Crippen LogP) is 4.06. The first-order valence-corrected chi connectivity index (χ1v) is 13.6. The molecule has 0 bridgehead atoms. The topological polar surface area (TPSA) is 109 Å². The van der Waals surface area contributed by atoms with Gasteiger partial charge in [-0.1, -0.05) is 50.2 Å². The second-order valence-electron chi connectivity index (χ2n) is 11.4. The third-order valence-electron chi connectivity index (χ3n) is 7.25. The Hall–Kier alpha value is -2.88. The van der Waals surface area contributed by atoms with Crippen molar-refractivity contribution in [2.45, 2.75) is 82.9 Å². The average molecular weight is 545 g/mol. The van der Waals surface area contributed by atoms with Gasteiger partial charge in [-0.15, -0.1) is 0 Å². The second-order valence-corrected chi connectivity index (χ2v) is 11.4. The molecule has 1 saturated carbocycles. The van der Waals surface area contributed by atoms with E-state index in [1.165, 1.54) is 24.6 Å². The third kappa shape index (κ3) is 8.81. The molecule has 2 atom stereocenters. The van der Waals surface area contributed by atoms with Gasteiger partial charge in [-0.2, -0.15) is 0 Å². The van der Waals surface area contributed by atoms with Crippen LogP contribution in [-0.2, 0) is 27.0 Å². The Morgan fingerprint density at radius 2 is 1.82 bits per heavy atom. The number of nitrogens with one attached hydrogen (secondary N) is 2. The molecule has 0 radical (unpaired) electrons. The number of carbonyl (C=O) groups excluding carboxylic acids is 1. The number of aliphatic hydroxyl groups excluding tert-OH is 1. The number of hydrogen-bond donors (Lipinski definition) is 4. The van der Waals surface area contributed by atoms with E-state index in [9.17, 15) is 18.7 Å². The molecule has 3 rings (SSSR count). The van der Waals surface area contributed by atoms with E-state index in [1.54, 1.807) is 0 Å². The minimum Gasteiger partial charge on any atom is -0.395 e. The molecule has 0 aliphatic heterocycles. The smallest absolute Gasteiger partial charge is 0.217 e. The molecule has 0 spiro atoms. The largest absolute Gasteiger partial charge is 0.395 e. The molecule has 0 heterocycles. The third-order valence-corrected chi connectivity index (χ3v) is 7.25. The number of rotatable bonds is 11. The summed E-state index contributed by atoms with van der Waals surface area (Å²) in [5, 5.41) is 21.8. The van der Waals surface area contributed by atoms with Gasteiger partial charge in [0.2, 0.25) is 5.91 Å². The van der Waals surface area contributed by atoms with Crippen LogP contribution in [0.2, 0.25) is 0 Å². The van der Waals surface area contributed by atoms with E-state index in [0.717, 1.165) is 30.2 Å². The van der Waals surface area contributed by atoms with Gasteiger partial charge in [-0.3, -0.25) is 4.79 Å². The first-order chi connectivity index (χ1) is 18.4. The summed E-state index contributed by atoms with van der Waals surface area (Å²) in [6.07, 6.45) is 1.97. The Morgan fingerprint density at radius 3 is 2.41 bits per heavy atom. The summed E-state index contributed by atoms with van der Waals surface area (Å²) in [6, 6.07) is 11.0. The molecule has 1 aliphatic carbocycles. The molecule has 1 amide bonds. The number of oxime groups is 1. The van der Waals surface area contributed by atoms with Crippen LogP contribution in [-0.4, -0.2) is 48.6 Å². The summed E-state index contributed by atoms with van der Waals surface area (Å²) in [5.74, 6) is -1.74. The van der Waals surface area contributed by atoms with Gasteiger partial charge in [0, 0.05) is 31.6 Å². The second kappa shape index (κ2) is 13.5. The maximum Gasteiger partial charge on any atom is 0.217 e. The summed E-state index contributed by atoms with van der Waals surface area (Å²) in [7, 11) is 0. The van der Waals surface area contributed by atoms with E-state index < -0.39 is 29.3 Å². The van der Waals surface area contributed by atoms with Crippen LogP contribution >= 0.6 is 0 Å². The first kappa shape index (κ1) is 30.7. The van der Waals surface area contributed by atoms with Crippen molar-refractivity contribution in [3.63, 3.8) is 0 Å². The Kier molecular flexibility index (Phi) is 10.6. The predicted molar refractivity (Wildman–Crippen MR) is 149 cm³/mol. The molecular formula is C30H42F2N4O3. The number of halogens is 2. The molecule has 1 fully saturated rings. The van der Waals surface area contributed by atoms with Crippen LogP contribution in [0.25, 0.3) is 0 Å². The van der Waals surface area contributed by atoms with Gasteiger partial charge in [0.15, 0.2) is 0 Å². The van der Waals surface area contributed by atoms with Crippen molar-refractivity contribution >= 4 is 11.6 Å². The van der Waals surface area contributed by atoms with Crippen molar-refractivity contribution in [1.29, 1.82) is 0 Å². The van der Waals surface area contributed by atoms with E-state index in [-0.39, 0.29) is 24.3 Å². The number of nitrogens with zero attached hydrogens (tertiary/aromatic N) is 1. The minimum atomic E-state index is -1.01. The monoisotopic (exact) mass is 544 g/mol. The lowest BCUT2D eigenvalue weighted by Gasteiger charge is -2.41. The lowest BCUT2D eigenvalue weighted by atomic mass is 9.74. The highest BCUT2D eigenvalue weighted by Gasteiger charge is 2.37. The SMILES string of the molecule is CC(=O)NC(Cc1cc(F)cc(F)c1)C(O)CNC1(c2cccc(C(C)(C)C)c2)CCC(=NOCCN)CC1. The lowest BCUT2D eigenvalue weighted by Crippen LogP contribution is -2.53.